The summed E-state index contributed by atoms with van der Waals surface area (Å²) in [6.45, 7) is 17.8. The van der Waals surface area contributed by atoms with Gasteiger partial charge in [-0.05, 0) is 101 Å². The Morgan fingerprint density at radius 1 is 1.09 bits per heavy atom. The number of aromatic nitrogens is 1. The highest BCUT2D eigenvalue weighted by Crippen LogP contribution is 2.60. The van der Waals surface area contributed by atoms with Crippen LogP contribution >= 0.6 is 0 Å². The molecule has 296 valence electrons. The lowest BCUT2D eigenvalue weighted by Crippen LogP contribution is -2.65. The van der Waals surface area contributed by atoms with Crippen LogP contribution < -0.4 is 9.47 Å². The minimum absolute atomic E-state index is 0.0613. The number of unbranched alkanes of at least 4 members (excludes halogenated alkanes) is 2. The molecule has 0 amide bonds. The van der Waals surface area contributed by atoms with Crippen molar-refractivity contribution in [1.29, 1.82) is 0 Å². The molecular weight excluding hydrogens is 706 g/mol. The van der Waals surface area contributed by atoms with Crippen molar-refractivity contribution in [1.82, 2.24) is 15.0 Å². The first kappa shape index (κ1) is 40.3. The van der Waals surface area contributed by atoms with Gasteiger partial charge in [-0.15, -0.1) is 0 Å². The molecule has 0 saturated carbocycles. The number of benzene rings is 1. The van der Waals surface area contributed by atoms with E-state index in [0.29, 0.717) is 36.8 Å². The number of Topliss-reactive ketones (excluding diaryl/α,β-unsaturated/α-hetero) is 2. The zero-order valence-electron chi connectivity index (χ0n) is 33.8. The standard InChI is InChI=1S/C42H60FN3O7Si/c1-10-12-21-50-36-26(17-16-20-46-18-14-15-19-46)25-30(43)28-23-27-24-29-34(45(6)7)37-33(40(44-52-37)51-22-13-11-2)39(49)42(29,53-54(8,9)41(3,4)5)38(48)31(27)35(47)32(28)36/h16-17,25,27,29,34,48H,10-15,18-24H2,1-9H3/b17-16+/t27-,29-,34-,42-/m0/s1. The number of rotatable bonds is 14. The molecule has 12 heteroatoms. The third kappa shape index (κ3) is 7.01. The molecule has 0 unspecified atom stereocenters. The van der Waals surface area contributed by atoms with E-state index in [-0.39, 0.29) is 46.0 Å². The number of nitrogens with zero attached hydrogens (tertiary/aromatic N) is 3. The Bertz CT molecular complexity index is 1800. The molecule has 1 N–H and O–H groups in total. The smallest absolute Gasteiger partial charge is 0.265 e. The number of allylic oxidation sites excluding steroid dienone is 1. The number of ketones is 2. The molecule has 1 aromatic carbocycles. The maximum Gasteiger partial charge on any atom is 0.265 e. The largest absolute Gasteiger partial charge is 0.508 e. The van der Waals surface area contributed by atoms with Crippen molar-refractivity contribution < 1.29 is 37.5 Å². The van der Waals surface area contributed by atoms with Crippen molar-refractivity contribution in [3.05, 3.63) is 57.3 Å². The number of ether oxygens (including phenoxy) is 2. The molecule has 4 atom stereocenters. The first-order valence-corrected chi connectivity index (χ1v) is 22.9. The molecule has 1 aliphatic heterocycles. The van der Waals surface area contributed by atoms with Crippen LogP contribution in [0, 0.1) is 17.7 Å². The third-order valence-electron chi connectivity index (χ3n) is 12.4. The average molecular weight is 766 g/mol. The molecule has 0 spiro atoms. The summed E-state index contributed by atoms with van der Waals surface area (Å²) in [5, 5.41) is 16.8. The third-order valence-corrected chi connectivity index (χ3v) is 16.8. The summed E-state index contributed by atoms with van der Waals surface area (Å²) < 4.78 is 42.0. The molecule has 1 fully saturated rings. The lowest BCUT2D eigenvalue weighted by Gasteiger charge is -2.55. The van der Waals surface area contributed by atoms with Crippen LogP contribution in [0.15, 0.2) is 28.0 Å². The summed E-state index contributed by atoms with van der Waals surface area (Å²) in [5.74, 6) is -2.48. The van der Waals surface area contributed by atoms with Crippen LogP contribution in [0.25, 0.3) is 6.08 Å². The number of aliphatic hydroxyl groups is 1. The summed E-state index contributed by atoms with van der Waals surface area (Å²) >= 11 is 0. The second-order valence-electron chi connectivity index (χ2n) is 17.3. The van der Waals surface area contributed by atoms with E-state index in [0.717, 1.165) is 51.6 Å². The fourth-order valence-electron chi connectivity index (χ4n) is 8.47. The van der Waals surface area contributed by atoms with Crippen molar-refractivity contribution in [3.8, 4) is 11.6 Å². The molecular formula is C42H60FN3O7Si. The second-order valence-corrected chi connectivity index (χ2v) is 22.1. The monoisotopic (exact) mass is 765 g/mol. The predicted octanol–water partition coefficient (Wildman–Crippen LogP) is 8.73. The van der Waals surface area contributed by atoms with Crippen LogP contribution in [0.4, 0.5) is 4.39 Å². The summed E-state index contributed by atoms with van der Waals surface area (Å²) in [5.41, 5.74) is -0.833. The fraction of sp³-hybridized carbons (Fsp3) is 0.643. The zero-order valence-corrected chi connectivity index (χ0v) is 34.8. The quantitative estimate of drug-likeness (QED) is 0.148. The summed E-state index contributed by atoms with van der Waals surface area (Å²) in [6.07, 6.45) is 9.85. The van der Waals surface area contributed by atoms with Crippen molar-refractivity contribution in [2.75, 3.05) is 46.9 Å². The maximum absolute atomic E-state index is 16.4. The van der Waals surface area contributed by atoms with E-state index < -0.39 is 54.9 Å². The first-order valence-electron chi connectivity index (χ1n) is 20.0. The minimum atomic E-state index is -2.87. The topological polar surface area (TPSA) is 115 Å². The molecule has 10 nitrogen and oxygen atoms in total. The Morgan fingerprint density at radius 2 is 1.76 bits per heavy atom. The average Bonchev–Trinajstić information content (AvgIpc) is 3.77. The van der Waals surface area contributed by atoms with Gasteiger partial charge >= 0.3 is 0 Å². The number of hydrogen-bond donors (Lipinski definition) is 1. The van der Waals surface area contributed by atoms with Crippen LogP contribution in [-0.2, 0) is 10.8 Å². The van der Waals surface area contributed by atoms with Crippen LogP contribution in [0.2, 0.25) is 18.1 Å². The summed E-state index contributed by atoms with van der Waals surface area (Å²) in [4.78, 5) is 34.8. The molecule has 1 saturated heterocycles. The van der Waals surface area contributed by atoms with Gasteiger partial charge in [-0.25, -0.2) is 4.39 Å². The Balaban J connectivity index is 1.55. The van der Waals surface area contributed by atoms with E-state index in [9.17, 15) is 5.11 Å². The van der Waals surface area contributed by atoms with Crippen LogP contribution in [-0.4, -0.2) is 92.5 Å². The van der Waals surface area contributed by atoms with Gasteiger partial charge in [-0.2, -0.15) is 0 Å². The SMILES string of the molecule is CCCCOc1noc2c1C(=O)[C@@]1(O[Si](C)(C)C(C)(C)C)C(O)=C3C(=O)c4c(c(F)cc(/C=C/CN5CCCC5)c4OCCCC)C[C@H]3C[C@H]1[C@@H]2N(C)C. The van der Waals surface area contributed by atoms with Crippen LogP contribution in [0.3, 0.4) is 0 Å². The first-order chi connectivity index (χ1) is 25.6. The number of fused-ring (bicyclic) bond motifs is 4. The van der Waals surface area contributed by atoms with Gasteiger partial charge in [0.25, 0.3) is 5.88 Å². The number of carbonyl (C=O) groups is 2. The van der Waals surface area contributed by atoms with Gasteiger partial charge in [0.05, 0.1) is 24.8 Å². The van der Waals surface area contributed by atoms with E-state index in [1.165, 1.54) is 6.07 Å². The minimum Gasteiger partial charge on any atom is -0.508 e. The predicted molar refractivity (Wildman–Crippen MR) is 209 cm³/mol. The highest BCUT2D eigenvalue weighted by atomic mass is 28.4. The van der Waals surface area contributed by atoms with Crippen molar-refractivity contribution in [3.63, 3.8) is 0 Å². The van der Waals surface area contributed by atoms with Crippen LogP contribution in [0.5, 0.6) is 11.6 Å². The van der Waals surface area contributed by atoms with Gasteiger partial charge in [0.2, 0.25) is 5.78 Å². The van der Waals surface area contributed by atoms with Crippen molar-refractivity contribution in [2.24, 2.45) is 11.8 Å². The number of likely N-dealkylation sites (tertiary alicyclic amines) is 1. The van der Waals surface area contributed by atoms with Crippen molar-refractivity contribution >= 4 is 26.0 Å². The molecule has 54 heavy (non-hydrogen) atoms. The van der Waals surface area contributed by atoms with Gasteiger partial charge in [0.15, 0.2) is 25.5 Å². The molecule has 3 aliphatic carbocycles. The van der Waals surface area contributed by atoms with Gasteiger partial charge < -0.3 is 23.5 Å². The van der Waals surface area contributed by atoms with Gasteiger partial charge in [-0.3, -0.25) is 19.4 Å². The molecule has 2 heterocycles. The Hall–Kier alpha value is -3.32. The molecule has 2 aromatic rings. The Labute approximate surface area is 321 Å². The number of hydrogen-bond acceptors (Lipinski definition) is 10. The lowest BCUT2D eigenvalue weighted by molar-refractivity contribution is -0.0481. The summed E-state index contributed by atoms with van der Waals surface area (Å²) in [7, 11) is 0.904. The van der Waals surface area contributed by atoms with E-state index in [2.05, 4.69) is 37.8 Å². The van der Waals surface area contributed by atoms with Gasteiger partial charge in [-0.1, -0.05) is 59.6 Å². The van der Waals surface area contributed by atoms with E-state index >= 15 is 14.0 Å². The molecule has 1 aromatic heterocycles. The second kappa shape index (κ2) is 15.7. The molecule has 0 radical (unpaired) electrons. The Morgan fingerprint density at radius 3 is 2.39 bits per heavy atom. The fourth-order valence-corrected chi connectivity index (χ4v) is 9.92. The van der Waals surface area contributed by atoms with Crippen LogP contribution in [0.1, 0.15) is 123 Å². The zero-order chi connectivity index (χ0) is 39.2. The number of halogens is 1. The van der Waals surface area contributed by atoms with Gasteiger partial charge in [0, 0.05) is 29.2 Å². The highest BCUT2D eigenvalue weighted by molar-refractivity contribution is 6.74. The van der Waals surface area contributed by atoms with E-state index in [4.69, 9.17) is 18.4 Å². The molecule has 0 bridgehead atoms. The molecule has 6 rings (SSSR count). The summed E-state index contributed by atoms with van der Waals surface area (Å²) in [6, 6.07) is 0.906. The van der Waals surface area contributed by atoms with Gasteiger partial charge in [0.1, 0.15) is 22.9 Å². The number of aliphatic hydroxyl groups excluding tert-OH is 1. The Kier molecular flexibility index (Phi) is 11.7. The molecule has 4 aliphatic rings. The lowest BCUT2D eigenvalue weighted by atomic mass is 9.58. The highest BCUT2D eigenvalue weighted by Gasteiger charge is 2.67. The van der Waals surface area contributed by atoms with E-state index in [1.807, 2.05) is 51.2 Å². The maximum atomic E-state index is 16.4. The number of carbonyl (C=O) groups excluding carboxylic acids is 2. The van der Waals surface area contributed by atoms with Crippen molar-refractivity contribution in [2.45, 2.75) is 116 Å². The normalized spacial score (nSPS) is 24.6. The van der Waals surface area contributed by atoms with E-state index in [1.54, 1.807) is 0 Å².